The van der Waals surface area contributed by atoms with Crippen LogP contribution in [0.3, 0.4) is 0 Å². The summed E-state index contributed by atoms with van der Waals surface area (Å²) in [5, 5.41) is 3.09. The Labute approximate surface area is 223 Å². The molecule has 0 aliphatic heterocycles. The second-order valence-electron chi connectivity index (χ2n) is 8.96. The van der Waals surface area contributed by atoms with Gasteiger partial charge in [0.2, 0.25) is 5.91 Å². The Morgan fingerprint density at radius 3 is 2.25 bits per heavy atom. The van der Waals surface area contributed by atoms with Gasteiger partial charge in [-0.2, -0.15) is 0 Å². The van der Waals surface area contributed by atoms with Gasteiger partial charge in [0, 0.05) is 23.5 Å². The maximum atomic E-state index is 13.6. The molecule has 3 aromatic rings. The van der Waals surface area contributed by atoms with Crippen LogP contribution in [0, 0.1) is 0 Å². The van der Waals surface area contributed by atoms with Crippen molar-refractivity contribution < 1.29 is 14.3 Å². The maximum absolute atomic E-state index is 13.6. The van der Waals surface area contributed by atoms with Gasteiger partial charge in [0.1, 0.15) is 11.8 Å². The van der Waals surface area contributed by atoms with Crippen molar-refractivity contribution in [2.24, 2.45) is 0 Å². The number of nitrogens with one attached hydrogen (secondary N) is 1. The monoisotopic (exact) mass is 550 g/mol. The average molecular weight is 552 g/mol. The Bertz CT molecular complexity index is 1120. The Morgan fingerprint density at radius 1 is 0.917 bits per heavy atom. The van der Waals surface area contributed by atoms with Gasteiger partial charge in [0.05, 0.1) is 0 Å². The molecule has 0 bridgehead atoms. The molecule has 0 heterocycles. The highest BCUT2D eigenvalue weighted by Gasteiger charge is 2.31. The molecule has 0 aliphatic carbocycles. The van der Waals surface area contributed by atoms with E-state index in [0.717, 1.165) is 28.4 Å². The van der Waals surface area contributed by atoms with Gasteiger partial charge in [0.15, 0.2) is 6.61 Å². The van der Waals surface area contributed by atoms with Crippen LogP contribution in [0.4, 0.5) is 0 Å². The summed E-state index contributed by atoms with van der Waals surface area (Å²) in [6.07, 6.45) is 2.15. The van der Waals surface area contributed by atoms with E-state index in [2.05, 4.69) is 28.2 Å². The number of benzene rings is 3. The average Bonchev–Trinajstić information content (AvgIpc) is 2.90. The molecule has 0 spiro atoms. The summed E-state index contributed by atoms with van der Waals surface area (Å²) >= 11 is 3.52. The summed E-state index contributed by atoms with van der Waals surface area (Å²) in [6.45, 7) is 6.24. The number of rotatable bonds is 12. The molecule has 6 heteroatoms. The third kappa shape index (κ3) is 8.23. The number of nitrogens with zero attached hydrogens (tertiary/aromatic N) is 1. The van der Waals surface area contributed by atoms with E-state index in [1.807, 2.05) is 92.7 Å². The first-order valence-corrected chi connectivity index (χ1v) is 13.3. The molecule has 3 rings (SSSR count). The van der Waals surface area contributed by atoms with Gasteiger partial charge in [-0.05, 0) is 60.7 Å². The van der Waals surface area contributed by atoms with Crippen LogP contribution in [-0.2, 0) is 29.0 Å². The number of hydrogen-bond acceptors (Lipinski definition) is 3. The predicted molar refractivity (Wildman–Crippen MR) is 148 cm³/mol. The highest BCUT2D eigenvalue weighted by atomic mass is 79.9. The number of aryl methyl sites for hydroxylation is 1. The van der Waals surface area contributed by atoms with E-state index < -0.39 is 6.04 Å². The first kappa shape index (κ1) is 27.5. The summed E-state index contributed by atoms with van der Waals surface area (Å²) in [4.78, 5) is 28.8. The zero-order valence-corrected chi connectivity index (χ0v) is 22.8. The first-order chi connectivity index (χ1) is 17.4. The van der Waals surface area contributed by atoms with E-state index in [0.29, 0.717) is 18.7 Å². The zero-order valence-electron chi connectivity index (χ0n) is 21.2. The van der Waals surface area contributed by atoms with Crippen LogP contribution < -0.4 is 10.1 Å². The molecule has 0 aromatic heterocycles. The third-order valence-electron chi connectivity index (χ3n) is 6.21. The van der Waals surface area contributed by atoms with Crippen LogP contribution in [0.15, 0.2) is 83.3 Å². The molecule has 36 heavy (non-hydrogen) atoms. The zero-order chi connectivity index (χ0) is 25.9. The SMILES string of the molecule is CCc1ccc(OCC(=O)N(Cc2cccc(Br)c2)[C@@H](Cc2ccccc2)C(=O)N[C@H](C)CC)cc1. The van der Waals surface area contributed by atoms with E-state index in [1.54, 1.807) is 4.90 Å². The first-order valence-electron chi connectivity index (χ1n) is 12.5. The topological polar surface area (TPSA) is 58.6 Å². The maximum Gasteiger partial charge on any atom is 0.261 e. The van der Waals surface area contributed by atoms with Crippen LogP contribution >= 0.6 is 15.9 Å². The van der Waals surface area contributed by atoms with Crippen molar-refractivity contribution >= 4 is 27.7 Å². The van der Waals surface area contributed by atoms with E-state index in [4.69, 9.17) is 4.74 Å². The molecule has 5 nitrogen and oxygen atoms in total. The Kier molecular flexibility index (Phi) is 10.6. The van der Waals surface area contributed by atoms with Gasteiger partial charge in [-0.25, -0.2) is 0 Å². The number of halogens is 1. The smallest absolute Gasteiger partial charge is 0.261 e. The molecular formula is C30H35BrN2O3. The Balaban J connectivity index is 1.89. The van der Waals surface area contributed by atoms with Crippen LogP contribution in [0.25, 0.3) is 0 Å². The van der Waals surface area contributed by atoms with Gasteiger partial charge in [-0.15, -0.1) is 0 Å². The fourth-order valence-electron chi connectivity index (χ4n) is 3.88. The van der Waals surface area contributed by atoms with Crippen molar-refractivity contribution in [3.63, 3.8) is 0 Å². The van der Waals surface area contributed by atoms with Gasteiger partial charge in [0.25, 0.3) is 5.91 Å². The predicted octanol–water partition coefficient (Wildman–Crippen LogP) is 5.95. The third-order valence-corrected chi connectivity index (χ3v) is 6.70. The minimum absolute atomic E-state index is 0.00641. The molecule has 1 N–H and O–H groups in total. The molecule has 0 saturated carbocycles. The quantitative estimate of drug-likeness (QED) is 0.303. The molecular weight excluding hydrogens is 516 g/mol. The van der Waals surface area contributed by atoms with Crippen molar-refractivity contribution in [1.29, 1.82) is 0 Å². The van der Waals surface area contributed by atoms with E-state index in [1.165, 1.54) is 5.56 Å². The van der Waals surface area contributed by atoms with Crippen LogP contribution in [0.5, 0.6) is 5.75 Å². The van der Waals surface area contributed by atoms with Crippen LogP contribution in [0.2, 0.25) is 0 Å². The van der Waals surface area contributed by atoms with Gasteiger partial charge < -0.3 is 15.0 Å². The minimum Gasteiger partial charge on any atom is -0.484 e. The number of carbonyl (C=O) groups excluding carboxylic acids is 2. The van der Waals surface area contributed by atoms with E-state index >= 15 is 0 Å². The molecule has 190 valence electrons. The molecule has 0 radical (unpaired) electrons. The lowest BCUT2D eigenvalue weighted by molar-refractivity contribution is -0.143. The molecule has 2 amide bonds. The lowest BCUT2D eigenvalue weighted by atomic mass is 10.0. The van der Waals surface area contributed by atoms with Gasteiger partial charge in [-0.3, -0.25) is 9.59 Å². The largest absolute Gasteiger partial charge is 0.484 e. The van der Waals surface area contributed by atoms with Crippen molar-refractivity contribution in [3.05, 3.63) is 100 Å². The van der Waals surface area contributed by atoms with Gasteiger partial charge in [-0.1, -0.05) is 84.4 Å². The highest BCUT2D eigenvalue weighted by Crippen LogP contribution is 2.19. The number of ether oxygens (including phenoxy) is 1. The van der Waals surface area contributed by atoms with Gasteiger partial charge >= 0.3 is 0 Å². The van der Waals surface area contributed by atoms with E-state index in [9.17, 15) is 9.59 Å². The summed E-state index contributed by atoms with van der Waals surface area (Å²) < 4.78 is 6.78. The van der Waals surface area contributed by atoms with Crippen molar-refractivity contribution in [2.45, 2.75) is 58.7 Å². The fourth-order valence-corrected chi connectivity index (χ4v) is 4.32. The highest BCUT2D eigenvalue weighted by molar-refractivity contribution is 9.10. The fraction of sp³-hybridized carbons (Fsp3) is 0.333. The molecule has 2 atom stereocenters. The minimum atomic E-state index is -0.682. The number of amides is 2. The van der Waals surface area contributed by atoms with Crippen molar-refractivity contribution in [2.75, 3.05) is 6.61 Å². The van der Waals surface area contributed by atoms with Crippen molar-refractivity contribution in [1.82, 2.24) is 10.2 Å². The standard InChI is InChI=1S/C30H35BrN2O3/c1-4-22(3)32-30(35)28(19-24-10-7-6-8-11-24)33(20-25-12-9-13-26(31)18-25)29(34)21-36-27-16-14-23(5-2)15-17-27/h6-18,22,28H,4-5,19-21H2,1-3H3,(H,32,35)/t22-,28+/m1/s1. The van der Waals surface area contributed by atoms with Crippen LogP contribution in [0.1, 0.15) is 43.9 Å². The summed E-state index contributed by atoms with van der Waals surface area (Å²) in [5.41, 5.74) is 3.12. The molecule has 0 unspecified atom stereocenters. The second kappa shape index (κ2) is 13.8. The molecule has 0 fully saturated rings. The summed E-state index contributed by atoms with van der Waals surface area (Å²) in [5.74, 6) is 0.227. The number of carbonyl (C=O) groups is 2. The lowest BCUT2D eigenvalue weighted by Gasteiger charge is -2.32. The van der Waals surface area contributed by atoms with E-state index in [-0.39, 0.29) is 24.5 Å². The lowest BCUT2D eigenvalue weighted by Crippen LogP contribution is -2.53. The normalized spacial score (nSPS) is 12.4. The van der Waals surface area contributed by atoms with Crippen LogP contribution in [-0.4, -0.2) is 35.4 Å². The summed E-state index contributed by atoms with van der Waals surface area (Å²) in [6, 6.07) is 24.7. The Morgan fingerprint density at radius 2 is 1.61 bits per heavy atom. The molecule has 0 saturated heterocycles. The van der Waals surface area contributed by atoms with Crippen molar-refractivity contribution in [3.8, 4) is 5.75 Å². The number of hydrogen-bond donors (Lipinski definition) is 1. The summed E-state index contributed by atoms with van der Waals surface area (Å²) in [7, 11) is 0. The molecule has 0 aliphatic rings. The molecule has 3 aromatic carbocycles. The second-order valence-corrected chi connectivity index (χ2v) is 9.88. The Hall–Kier alpha value is -3.12.